The van der Waals surface area contributed by atoms with E-state index >= 15 is 0 Å². The number of rotatable bonds is 1. The highest BCUT2D eigenvalue weighted by Gasteiger charge is 2.22. The van der Waals surface area contributed by atoms with Gasteiger partial charge in [0.2, 0.25) is 0 Å². The third-order valence-corrected chi connectivity index (χ3v) is 2.19. The molecule has 0 aliphatic heterocycles. The van der Waals surface area contributed by atoms with E-state index in [0.29, 0.717) is 0 Å². The number of hydrogen-bond donors (Lipinski definition) is 0. The van der Waals surface area contributed by atoms with Gasteiger partial charge in [-0.05, 0) is 24.5 Å². The molecule has 0 fully saturated rings. The zero-order valence-electron chi connectivity index (χ0n) is 6.58. The maximum atomic E-state index is 5.28. The first-order valence-corrected chi connectivity index (χ1v) is 3.88. The van der Waals surface area contributed by atoms with Crippen molar-refractivity contribution in [3.8, 4) is 0 Å². The second-order valence-electron chi connectivity index (χ2n) is 2.81. The number of aromatic nitrogens is 1. The minimum atomic E-state index is 0.242. The number of fused-ring (bicyclic) bond motifs is 1. The van der Waals surface area contributed by atoms with Crippen LogP contribution in [0.5, 0.6) is 0 Å². The van der Waals surface area contributed by atoms with Crippen molar-refractivity contribution in [3.63, 3.8) is 0 Å². The highest BCUT2D eigenvalue weighted by atomic mass is 16.5. The van der Waals surface area contributed by atoms with Crippen LogP contribution in [0.4, 0.5) is 0 Å². The number of aryl methyl sites for hydroxylation is 1. The van der Waals surface area contributed by atoms with E-state index in [0.717, 1.165) is 18.5 Å². The molecule has 0 saturated carbocycles. The van der Waals surface area contributed by atoms with Crippen molar-refractivity contribution in [1.29, 1.82) is 0 Å². The summed E-state index contributed by atoms with van der Waals surface area (Å²) in [5.74, 6) is 0. The van der Waals surface area contributed by atoms with Crippen LogP contribution < -0.4 is 0 Å². The van der Waals surface area contributed by atoms with Crippen molar-refractivity contribution in [3.05, 3.63) is 29.6 Å². The fraction of sp³-hybridized carbons (Fsp3) is 0.444. The van der Waals surface area contributed by atoms with Gasteiger partial charge < -0.3 is 4.74 Å². The van der Waals surface area contributed by atoms with Gasteiger partial charge in [-0.1, -0.05) is 6.07 Å². The van der Waals surface area contributed by atoms with Crippen LogP contribution in [0, 0.1) is 0 Å². The largest absolute Gasteiger partial charge is 0.375 e. The molecule has 0 radical (unpaired) electrons. The summed E-state index contributed by atoms with van der Waals surface area (Å²) < 4.78 is 5.28. The van der Waals surface area contributed by atoms with Crippen LogP contribution in [0.3, 0.4) is 0 Å². The zero-order chi connectivity index (χ0) is 7.68. The molecule has 1 atom stereocenters. The van der Waals surface area contributed by atoms with E-state index < -0.39 is 0 Å². The van der Waals surface area contributed by atoms with E-state index in [1.807, 2.05) is 12.3 Å². The monoisotopic (exact) mass is 149 g/mol. The van der Waals surface area contributed by atoms with E-state index in [2.05, 4.69) is 11.1 Å². The van der Waals surface area contributed by atoms with E-state index in [9.17, 15) is 0 Å². The molecule has 1 aliphatic rings. The molecule has 58 valence electrons. The Morgan fingerprint density at radius 2 is 2.55 bits per heavy atom. The van der Waals surface area contributed by atoms with Crippen molar-refractivity contribution in [2.45, 2.75) is 18.9 Å². The second-order valence-corrected chi connectivity index (χ2v) is 2.81. The molecule has 0 unspecified atom stereocenters. The smallest absolute Gasteiger partial charge is 0.0996 e. The molecule has 0 amide bonds. The fourth-order valence-electron chi connectivity index (χ4n) is 1.60. The van der Waals surface area contributed by atoms with Crippen LogP contribution in [0.25, 0.3) is 0 Å². The summed E-state index contributed by atoms with van der Waals surface area (Å²) in [5, 5.41) is 0. The topological polar surface area (TPSA) is 22.1 Å². The Kier molecular flexibility index (Phi) is 1.62. The van der Waals surface area contributed by atoms with Gasteiger partial charge in [0.15, 0.2) is 0 Å². The Morgan fingerprint density at radius 3 is 3.36 bits per heavy atom. The third-order valence-electron chi connectivity index (χ3n) is 2.19. The Morgan fingerprint density at radius 1 is 1.64 bits per heavy atom. The van der Waals surface area contributed by atoms with Gasteiger partial charge in [-0.3, -0.25) is 4.98 Å². The molecule has 1 aliphatic carbocycles. The number of methoxy groups -OCH3 is 1. The number of hydrogen-bond acceptors (Lipinski definition) is 2. The second kappa shape index (κ2) is 2.62. The van der Waals surface area contributed by atoms with E-state index in [4.69, 9.17) is 4.74 Å². The molecular weight excluding hydrogens is 138 g/mol. The van der Waals surface area contributed by atoms with Gasteiger partial charge in [-0.15, -0.1) is 0 Å². The average Bonchev–Trinajstić information content (AvgIpc) is 2.47. The average molecular weight is 149 g/mol. The Labute approximate surface area is 66.2 Å². The quantitative estimate of drug-likeness (QED) is 0.606. The normalized spacial score (nSPS) is 21.7. The Hall–Kier alpha value is -0.890. The van der Waals surface area contributed by atoms with Crippen molar-refractivity contribution >= 4 is 0 Å². The van der Waals surface area contributed by atoms with E-state index in [1.54, 1.807) is 7.11 Å². The summed E-state index contributed by atoms with van der Waals surface area (Å²) in [6.07, 6.45) is 4.27. The highest BCUT2D eigenvalue weighted by molar-refractivity contribution is 5.26. The lowest BCUT2D eigenvalue weighted by molar-refractivity contribution is 0.102. The van der Waals surface area contributed by atoms with Crippen LogP contribution in [0.1, 0.15) is 23.8 Å². The van der Waals surface area contributed by atoms with Crippen LogP contribution in [-0.4, -0.2) is 12.1 Å². The van der Waals surface area contributed by atoms with Gasteiger partial charge in [-0.25, -0.2) is 0 Å². The lowest BCUT2D eigenvalue weighted by Crippen LogP contribution is -1.97. The van der Waals surface area contributed by atoms with Crippen molar-refractivity contribution < 1.29 is 4.74 Å². The van der Waals surface area contributed by atoms with Crippen LogP contribution >= 0.6 is 0 Å². The summed E-state index contributed by atoms with van der Waals surface area (Å²) in [5.41, 5.74) is 2.48. The van der Waals surface area contributed by atoms with Crippen molar-refractivity contribution in [1.82, 2.24) is 4.98 Å². The molecule has 1 aromatic rings. The van der Waals surface area contributed by atoms with Crippen LogP contribution in [0.15, 0.2) is 18.3 Å². The fourth-order valence-corrected chi connectivity index (χ4v) is 1.60. The first-order chi connectivity index (χ1) is 5.42. The summed E-state index contributed by atoms with van der Waals surface area (Å²) in [6, 6.07) is 4.11. The van der Waals surface area contributed by atoms with Crippen LogP contribution in [-0.2, 0) is 11.2 Å². The summed E-state index contributed by atoms with van der Waals surface area (Å²) in [7, 11) is 1.74. The Bertz CT molecular complexity index is 259. The minimum Gasteiger partial charge on any atom is -0.375 e. The molecule has 2 nitrogen and oxygen atoms in total. The molecule has 11 heavy (non-hydrogen) atoms. The summed E-state index contributed by atoms with van der Waals surface area (Å²) in [6.45, 7) is 0. The van der Waals surface area contributed by atoms with Gasteiger partial charge in [0.1, 0.15) is 0 Å². The standard InChI is InChI=1S/C9H11NO/c1-11-8-5-4-7-3-2-6-10-9(7)8/h2-3,6,8H,4-5H2,1H3/t8-/m1/s1. The summed E-state index contributed by atoms with van der Waals surface area (Å²) in [4.78, 5) is 4.29. The molecule has 1 aromatic heterocycles. The lowest BCUT2D eigenvalue weighted by Gasteiger charge is -2.06. The molecule has 0 N–H and O–H groups in total. The highest BCUT2D eigenvalue weighted by Crippen LogP contribution is 2.30. The van der Waals surface area contributed by atoms with Gasteiger partial charge in [-0.2, -0.15) is 0 Å². The van der Waals surface area contributed by atoms with Crippen molar-refractivity contribution in [2.75, 3.05) is 7.11 Å². The van der Waals surface area contributed by atoms with E-state index in [1.165, 1.54) is 5.56 Å². The molecule has 2 rings (SSSR count). The van der Waals surface area contributed by atoms with Gasteiger partial charge in [0.25, 0.3) is 0 Å². The van der Waals surface area contributed by atoms with Gasteiger partial charge >= 0.3 is 0 Å². The first kappa shape index (κ1) is 6.80. The molecule has 0 spiro atoms. The van der Waals surface area contributed by atoms with Crippen molar-refractivity contribution in [2.24, 2.45) is 0 Å². The first-order valence-electron chi connectivity index (χ1n) is 3.88. The minimum absolute atomic E-state index is 0.242. The number of pyridine rings is 1. The van der Waals surface area contributed by atoms with Gasteiger partial charge in [0.05, 0.1) is 11.8 Å². The Balaban J connectivity index is 2.39. The number of nitrogens with zero attached hydrogens (tertiary/aromatic N) is 1. The molecule has 0 aromatic carbocycles. The maximum absolute atomic E-state index is 5.28. The number of ether oxygens (including phenoxy) is 1. The zero-order valence-corrected chi connectivity index (χ0v) is 6.58. The van der Waals surface area contributed by atoms with Gasteiger partial charge in [0, 0.05) is 13.3 Å². The maximum Gasteiger partial charge on any atom is 0.0996 e. The summed E-state index contributed by atoms with van der Waals surface area (Å²) >= 11 is 0. The lowest BCUT2D eigenvalue weighted by atomic mass is 10.2. The molecular formula is C9H11NO. The molecule has 0 saturated heterocycles. The SMILES string of the molecule is CO[C@@H]1CCc2cccnc21. The predicted molar refractivity (Wildman–Crippen MR) is 42.3 cm³/mol. The molecule has 2 heteroatoms. The molecule has 1 heterocycles. The molecule has 0 bridgehead atoms. The third kappa shape index (κ3) is 1.03. The van der Waals surface area contributed by atoms with E-state index in [-0.39, 0.29) is 6.10 Å². The van der Waals surface area contributed by atoms with Crippen LogP contribution in [0.2, 0.25) is 0 Å². The predicted octanol–water partition coefficient (Wildman–Crippen LogP) is 1.72.